The lowest BCUT2D eigenvalue weighted by atomic mass is 10.2. The Morgan fingerprint density at radius 1 is 1.12 bits per heavy atom. The van der Waals surface area contributed by atoms with Crippen LogP contribution in [0.15, 0.2) is 23.4 Å². The van der Waals surface area contributed by atoms with Crippen molar-refractivity contribution >= 4 is 28.9 Å². The molecule has 0 atom stereocenters. The van der Waals surface area contributed by atoms with Crippen molar-refractivity contribution in [1.82, 2.24) is 29.4 Å². The second-order valence-electron chi connectivity index (χ2n) is 5.97. The largest absolute Gasteiger partial charge is 0.365 e. The van der Waals surface area contributed by atoms with Crippen molar-refractivity contribution in [1.29, 1.82) is 0 Å². The molecule has 0 N–H and O–H groups in total. The van der Waals surface area contributed by atoms with Crippen LogP contribution in [0.2, 0.25) is 5.02 Å². The Labute approximate surface area is 148 Å². The molecule has 3 aromatic rings. The summed E-state index contributed by atoms with van der Waals surface area (Å²) >= 11 is 6.21. The van der Waals surface area contributed by atoms with Crippen LogP contribution in [0.4, 0.5) is 11.5 Å². The quantitative estimate of drug-likeness (QED) is 0.658. The Bertz CT molecular complexity index is 989. The van der Waals surface area contributed by atoms with Crippen LogP contribution in [0, 0.1) is 6.92 Å². The molecule has 1 fully saturated rings. The SMILES string of the molecule is Cc1cc(N2CCN(c3cnn(C)c(=O)c3Cl)CC2)n2ncnc2n1. The van der Waals surface area contributed by atoms with Crippen molar-refractivity contribution in [3.8, 4) is 0 Å². The molecule has 1 saturated heterocycles. The van der Waals surface area contributed by atoms with E-state index in [1.807, 2.05) is 13.0 Å². The Hall–Kier alpha value is -2.68. The molecule has 4 heterocycles. The first-order valence-electron chi connectivity index (χ1n) is 7.93. The van der Waals surface area contributed by atoms with Crippen LogP contribution in [0.5, 0.6) is 0 Å². The summed E-state index contributed by atoms with van der Waals surface area (Å²) in [4.78, 5) is 24.8. The molecule has 0 amide bonds. The van der Waals surface area contributed by atoms with Crippen LogP contribution in [0.3, 0.4) is 0 Å². The third-order valence-corrected chi connectivity index (χ3v) is 4.72. The Morgan fingerprint density at radius 3 is 2.60 bits per heavy atom. The van der Waals surface area contributed by atoms with Crippen molar-refractivity contribution in [3.05, 3.63) is 39.7 Å². The normalized spacial score (nSPS) is 15.2. The molecule has 10 heteroatoms. The van der Waals surface area contributed by atoms with Gasteiger partial charge in [0.05, 0.1) is 11.9 Å². The smallest absolute Gasteiger partial charge is 0.287 e. The summed E-state index contributed by atoms with van der Waals surface area (Å²) in [6, 6.07) is 2.00. The van der Waals surface area contributed by atoms with E-state index in [0.29, 0.717) is 11.5 Å². The van der Waals surface area contributed by atoms with Gasteiger partial charge in [-0.05, 0) is 6.92 Å². The van der Waals surface area contributed by atoms with E-state index in [0.717, 1.165) is 37.7 Å². The molecule has 0 aliphatic carbocycles. The van der Waals surface area contributed by atoms with E-state index in [-0.39, 0.29) is 10.6 Å². The maximum Gasteiger partial charge on any atom is 0.287 e. The van der Waals surface area contributed by atoms with E-state index in [9.17, 15) is 4.79 Å². The second-order valence-corrected chi connectivity index (χ2v) is 6.35. The Morgan fingerprint density at radius 2 is 1.84 bits per heavy atom. The number of rotatable bonds is 2. The topological polar surface area (TPSA) is 84.5 Å². The van der Waals surface area contributed by atoms with E-state index in [1.54, 1.807) is 17.8 Å². The van der Waals surface area contributed by atoms with Crippen molar-refractivity contribution < 1.29 is 0 Å². The zero-order valence-corrected chi connectivity index (χ0v) is 14.7. The molecule has 1 aliphatic heterocycles. The summed E-state index contributed by atoms with van der Waals surface area (Å²) in [7, 11) is 1.59. The van der Waals surface area contributed by atoms with Gasteiger partial charge in [-0.1, -0.05) is 11.6 Å². The van der Waals surface area contributed by atoms with Gasteiger partial charge in [-0.2, -0.15) is 19.7 Å². The highest BCUT2D eigenvalue weighted by atomic mass is 35.5. The molecule has 0 saturated carbocycles. The van der Waals surface area contributed by atoms with Crippen molar-refractivity contribution in [2.75, 3.05) is 36.0 Å². The average Bonchev–Trinajstić information content (AvgIpc) is 3.08. The summed E-state index contributed by atoms with van der Waals surface area (Å²) in [5, 5.41) is 8.54. The van der Waals surface area contributed by atoms with Crippen molar-refractivity contribution in [2.45, 2.75) is 6.92 Å². The minimum Gasteiger partial charge on any atom is -0.365 e. The predicted molar refractivity (Wildman–Crippen MR) is 94.4 cm³/mol. The number of aromatic nitrogens is 6. The molecule has 4 rings (SSSR count). The summed E-state index contributed by atoms with van der Waals surface area (Å²) in [6.45, 7) is 4.94. The molecule has 0 bridgehead atoms. The van der Waals surface area contributed by atoms with Gasteiger partial charge in [0, 0.05) is 45.0 Å². The number of hydrogen-bond donors (Lipinski definition) is 0. The highest BCUT2D eigenvalue weighted by Gasteiger charge is 2.23. The molecule has 0 spiro atoms. The van der Waals surface area contributed by atoms with Gasteiger partial charge in [0.25, 0.3) is 11.3 Å². The zero-order chi connectivity index (χ0) is 17.6. The van der Waals surface area contributed by atoms with Crippen LogP contribution < -0.4 is 15.4 Å². The van der Waals surface area contributed by atoms with Gasteiger partial charge in [0.15, 0.2) is 0 Å². The van der Waals surface area contributed by atoms with Crippen LogP contribution in [0.25, 0.3) is 5.78 Å². The van der Waals surface area contributed by atoms with Gasteiger partial charge >= 0.3 is 0 Å². The fourth-order valence-electron chi connectivity index (χ4n) is 3.04. The fourth-order valence-corrected chi connectivity index (χ4v) is 3.33. The van der Waals surface area contributed by atoms with Gasteiger partial charge in [0.2, 0.25) is 0 Å². The molecule has 3 aromatic heterocycles. The lowest BCUT2D eigenvalue weighted by Crippen LogP contribution is -2.47. The van der Waals surface area contributed by atoms with Gasteiger partial charge < -0.3 is 9.80 Å². The maximum atomic E-state index is 12.0. The molecule has 1 aliphatic rings. The van der Waals surface area contributed by atoms with Gasteiger partial charge in [-0.15, -0.1) is 0 Å². The number of anilines is 2. The fraction of sp³-hybridized carbons (Fsp3) is 0.400. The van der Waals surface area contributed by atoms with Gasteiger partial charge in [0.1, 0.15) is 17.2 Å². The number of halogens is 1. The number of fused-ring (bicyclic) bond motifs is 1. The van der Waals surface area contributed by atoms with E-state index in [4.69, 9.17) is 11.6 Å². The van der Waals surface area contributed by atoms with Crippen LogP contribution in [0.1, 0.15) is 5.69 Å². The monoisotopic (exact) mass is 360 g/mol. The van der Waals surface area contributed by atoms with E-state index in [2.05, 4.69) is 30.0 Å². The van der Waals surface area contributed by atoms with Gasteiger partial charge in [-0.3, -0.25) is 4.79 Å². The highest BCUT2D eigenvalue weighted by Crippen LogP contribution is 2.24. The molecular formula is C15H17ClN8O. The minimum absolute atomic E-state index is 0.212. The number of aryl methyl sites for hydroxylation is 2. The maximum absolute atomic E-state index is 12.0. The van der Waals surface area contributed by atoms with Crippen molar-refractivity contribution in [3.63, 3.8) is 0 Å². The van der Waals surface area contributed by atoms with E-state index in [1.165, 1.54) is 11.0 Å². The molecular weight excluding hydrogens is 344 g/mol. The third kappa shape index (κ3) is 2.70. The van der Waals surface area contributed by atoms with Crippen LogP contribution >= 0.6 is 11.6 Å². The Balaban J connectivity index is 1.58. The predicted octanol–water partition coefficient (Wildman–Crippen LogP) is 0.506. The number of nitrogens with zero attached hydrogens (tertiary/aromatic N) is 8. The molecule has 9 nitrogen and oxygen atoms in total. The number of piperazine rings is 1. The highest BCUT2D eigenvalue weighted by molar-refractivity contribution is 6.33. The third-order valence-electron chi connectivity index (χ3n) is 4.37. The van der Waals surface area contributed by atoms with E-state index >= 15 is 0 Å². The average molecular weight is 361 g/mol. The lowest BCUT2D eigenvalue weighted by molar-refractivity contribution is 0.631. The molecule has 130 valence electrons. The summed E-state index contributed by atoms with van der Waals surface area (Å²) in [6.07, 6.45) is 3.15. The van der Waals surface area contributed by atoms with Crippen LogP contribution in [-0.4, -0.2) is 55.5 Å². The standard InChI is InChI=1S/C15H17ClN8O/c1-10-7-12(24-15(20-10)17-9-19-24)23-5-3-22(4-6-23)11-8-18-21(2)14(25)13(11)16/h7-9H,3-6H2,1-2H3. The van der Waals surface area contributed by atoms with Crippen LogP contribution in [-0.2, 0) is 7.05 Å². The zero-order valence-electron chi connectivity index (χ0n) is 13.9. The minimum atomic E-state index is -0.282. The summed E-state index contributed by atoms with van der Waals surface area (Å²) < 4.78 is 2.98. The molecule has 25 heavy (non-hydrogen) atoms. The molecule has 0 unspecified atom stereocenters. The lowest BCUT2D eigenvalue weighted by Gasteiger charge is -2.37. The van der Waals surface area contributed by atoms with E-state index < -0.39 is 0 Å². The first kappa shape index (κ1) is 15.8. The second kappa shape index (κ2) is 5.99. The van der Waals surface area contributed by atoms with Crippen molar-refractivity contribution in [2.24, 2.45) is 7.05 Å². The molecule has 0 radical (unpaired) electrons. The first-order valence-corrected chi connectivity index (χ1v) is 8.31. The number of hydrogen-bond acceptors (Lipinski definition) is 7. The first-order chi connectivity index (χ1) is 12.0. The van der Waals surface area contributed by atoms with Gasteiger partial charge in [-0.25, -0.2) is 9.67 Å². The summed E-state index contributed by atoms with van der Waals surface area (Å²) in [5.41, 5.74) is 1.30. The summed E-state index contributed by atoms with van der Waals surface area (Å²) in [5.74, 6) is 1.56. The Kier molecular flexibility index (Phi) is 3.79. The molecule has 0 aromatic carbocycles.